The van der Waals surface area contributed by atoms with E-state index in [-0.39, 0.29) is 5.56 Å². The Morgan fingerprint density at radius 2 is 1.91 bits per heavy atom. The first-order valence-electron chi connectivity index (χ1n) is 6.80. The SMILES string of the molecule is Cc1ccc2[nH]c(=O)cc(N/N=C/c3ccc(Cl)cc3)c2c1. The number of rotatable bonds is 3. The third kappa shape index (κ3) is 3.18. The maximum absolute atomic E-state index is 11.7. The summed E-state index contributed by atoms with van der Waals surface area (Å²) in [6.07, 6.45) is 1.68. The zero-order valence-electron chi connectivity index (χ0n) is 11.9. The monoisotopic (exact) mass is 311 g/mol. The molecule has 0 amide bonds. The van der Waals surface area contributed by atoms with E-state index in [4.69, 9.17) is 11.6 Å². The lowest BCUT2D eigenvalue weighted by Gasteiger charge is -2.06. The maximum atomic E-state index is 11.7. The molecule has 0 unspecified atom stereocenters. The van der Waals surface area contributed by atoms with E-state index in [0.717, 1.165) is 22.0 Å². The van der Waals surface area contributed by atoms with Crippen LogP contribution in [-0.2, 0) is 0 Å². The summed E-state index contributed by atoms with van der Waals surface area (Å²) >= 11 is 5.84. The highest BCUT2D eigenvalue weighted by Gasteiger charge is 2.02. The van der Waals surface area contributed by atoms with E-state index in [1.54, 1.807) is 18.3 Å². The number of nitrogens with zero attached hydrogens (tertiary/aromatic N) is 1. The molecule has 1 aromatic heterocycles. The fourth-order valence-corrected chi connectivity index (χ4v) is 2.31. The molecule has 0 aliphatic rings. The number of aromatic nitrogens is 1. The van der Waals surface area contributed by atoms with Crippen LogP contribution >= 0.6 is 11.6 Å². The first kappa shape index (κ1) is 14.4. The van der Waals surface area contributed by atoms with Gasteiger partial charge in [0.1, 0.15) is 0 Å². The summed E-state index contributed by atoms with van der Waals surface area (Å²) in [5, 5.41) is 5.80. The van der Waals surface area contributed by atoms with Crippen molar-refractivity contribution >= 4 is 34.4 Å². The lowest BCUT2D eigenvalue weighted by Crippen LogP contribution is -2.06. The van der Waals surface area contributed by atoms with Gasteiger partial charge >= 0.3 is 0 Å². The van der Waals surface area contributed by atoms with Gasteiger partial charge < -0.3 is 4.98 Å². The van der Waals surface area contributed by atoms with Crippen molar-refractivity contribution < 1.29 is 0 Å². The predicted octanol–water partition coefficient (Wildman–Crippen LogP) is 3.94. The van der Waals surface area contributed by atoms with E-state index in [1.807, 2.05) is 37.3 Å². The molecule has 5 heteroatoms. The largest absolute Gasteiger partial charge is 0.322 e. The summed E-state index contributed by atoms with van der Waals surface area (Å²) in [4.78, 5) is 14.5. The fourth-order valence-electron chi connectivity index (χ4n) is 2.19. The molecular formula is C17H14ClN3O. The Hall–Kier alpha value is -2.59. The van der Waals surface area contributed by atoms with Gasteiger partial charge in [-0.2, -0.15) is 5.10 Å². The number of aryl methyl sites for hydroxylation is 1. The minimum Gasteiger partial charge on any atom is -0.322 e. The number of nitrogens with one attached hydrogen (secondary N) is 2. The van der Waals surface area contributed by atoms with Gasteiger partial charge in [-0.15, -0.1) is 0 Å². The third-order valence-corrected chi connectivity index (χ3v) is 3.52. The van der Waals surface area contributed by atoms with Crippen LogP contribution in [0, 0.1) is 6.92 Å². The van der Waals surface area contributed by atoms with Gasteiger partial charge in [-0.05, 0) is 36.8 Å². The molecule has 0 radical (unpaired) electrons. The molecule has 0 atom stereocenters. The molecule has 0 saturated heterocycles. The molecule has 3 rings (SSSR count). The summed E-state index contributed by atoms with van der Waals surface area (Å²) in [6.45, 7) is 2.01. The first-order valence-corrected chi connectivity index (χ1v) is 7.18. The highest BCUT2D eigenvalue weighted by Crippen LogP contribution is 2.21. The number of halogens is 1. The second-order valence-corrected chi connectivity index (χ2v) is 5.45. The summed E-state index contributed by atoms with van der Waals surface area (Å²) in [5.41, 5.74) is 6.26. The number of pyridine rings is 1. The lowest BCUT2D eigenvalue weighted by molar-refractivity contribution is 1.27. The Bertz CT molecular complexity index is 898. The number of hydrazone groups is 1. The number of aromatic amines is 1. The highest BCUT2D eigenvalue weighted by atomic mass is 35.5. The average molecular weight is 312 g/mol. The topological polar surface area (TPSA) is 57.2 Å². The molecule has 22 heavy (non-hydrogen) atoms. The van der Waals surface area contributed by atoms with Crippen LogP contribution < -0.4 is 11.0 Å². The molecule has 0 aliphatic carbocycles. The molecule has 2 aromatic carbocycles. The first-order chi connectivity index (χ1) is 10.6. The van der Waals surface area contributed by atoms with E-state index >= 15 is 0 Å². The Morgan fingerprint density at radius 1 is 1.14 bits per heavy atom. The molecule has 4 nitrogen and oxygen atoms in total. The van der Waals surface area contributed by atoms with Crippen LogP contribution in [-0.4, -0.2) is 11.2 Å². The second kappa shape index (κ2) is 6.03. The number of hydrogen-bond donors (Lipinski definition) is 2. The van der Waals surface area contributed by atoms with E-state index in [9.17, 15) is 4.79 Å². The van der Waals surface area contributed by atoms with Crippen molar-refractivity contribution in [2.75, 3.05) is 5.43 Å². The van der Waals surface area contributed by atoms with Crippen LogP contribution in [0.15, 0.2) is 58.4 Å². The van der Waals surface area contributed by atoms with Crippen molar-refractivity contribution in [1.82, 2.24) is 4.98 Å². The van der Waals surface area contributed by atoms with Gasteiger partial charge in [0.25, 0.3) is 5.56 Å². The zero-order valence-corrected chi connectivity index (χ0v) is 12.7. The van der Waals surface area contributed by atoms with Gasteiger partial charge in [0.05, 0.1) is 17.4 Å². The molecule has 110 valence electrons. The highest BCUT2D eigenvalue weighted by molar-refractivity contribution is 6.30. The summed E-state index contributed by atoms with van der Waals surface area (Å²) in [6, 6.07) is 14.7. The number of benzene rings is 2. The van der Waals surface area contributed by atoms with Crippen LogP contribution in [0.3, 0.4) is 0 Å². The van der Waals surface area contributed by atoms with Gasteiger partial charge in [-0.25, -0.2) is 0 Å². The fraction of sp³-hybridized carbons (Fsp3) is 0.0588. The molecule has 0 aliphatic heterocycles. The van der Waals surface area contributed by atoms with Crippen LogP contribution in [0.25, 0.3) is 10.9 Å². The standard InChI is InChI=1S/C17H14ClN3O/c1-11-2-7-15-14(8-11)16(9-17(22)20-15)21-19-10-12-3-5-13(18)6-4-12/h2-10H,1H3,(H2,20,21,22)/b19-10+. The van der Waals surface area contributed by atoms with E-state index in [1.165, 1.54) is 6.07 Å². The van der Waals surface area contributed by atoms with Crippen molar-refractivity contribution in [2.45, 2.75) is 6.92 Å². The lowest BCUT2D eigenvalue weighted by atomic mass is 10.1. The van der Waals surface area contributed by atoms with Crippen molar-refractivity contribution in [3.8, 4) is 0 Å². The third-order valence-electron chi connectivity index (χ3n) is 3.27. The minimum absolute atomic E-state index is 0.166. The van der Waals surface area contributed by atoms with Crippen molar-refractivity contribution in [1.29, 1.82) is 0 Å². The summed E-state index contributed by atoms with van der Waals surface area (Å²) < 4.78 is 0. The Kier molecular flexibility index (Phi) is 3.94. The molecule has 0 spiro atoms. The Balaban J connectivity index is 1.91. The van der Waals surface area contributed by atoms with Crippen molar-refractivity contribution in [3.63, 3.8) is 0 Å². The number of anilines is 1. The van der Waals surface area contributed by atoms with E-state index in [2.05, 4.69) is 15.5 Å². The van der Waals surface area contributed by atoms with Gasteiger partial charge in [0, 0.05) is 16.5 Å². The molecule has 0 fully saturated rings. The molecular weight excluding hydrogens is 298 g/mol. The van der Waals surface area contributed by atoms with Gasteiger partial charge in [-0.1, -0.05) is 35.4 Å². The van der Waals surface area contributed by atoms with Crippen LogP contribution in [0.4, 0.5) is 5.69 Å². The van der Waals surface area contributed by atoms with E-state index < -0.39 is 0 Å². The molecule has 3 aromatic rings. The zero-order chi connectivity index (χ0) is 15.5. The summed E-state index contributed by atoms with van der Waals surface area (Å²) in [5.74, 6) is 0. The van der Waals surface area contributed by atoms with Gasteiger partial charge in [-0.3, -0.25) is 10.2 Å². The maximum Gasteiger partial charge on any atom is 0.250 e. The van der Waals surface area contributed by atoms with Crippen molar-refractivity contribution in [2.24, 2.45) is 5.10 Å². The van der Waals surface area contributed by atoms with Crippen LogP contribution in [0.1, 0.15) is 11.1 Å². The van der Waals surface area contributed by atoms with Crippen LogP contribution in [0.2, 0.25) is 5.02 Å². The molecule has 2 N–H and O–H groups in total. The quantitative estimate of drug-likeness (QED) is 0.568. The minimum atomic E-state index is -0.166. The van der Waals surface area contributed by atoms with Crippen LogP contribution in [0.5, 0.6) is 0 Å². The van der Waals surface area contributed by atoms with E-state index in [0.29, 0.717) is 10.7 Å². The normalized spacial score (nSPS) is 11.2. The molecule has 0 bridgehead atoms. The average Bonchev–Trinajstić information content (AvgIpc) is 2.50. The Morgan fingerprint density at radius 3 is 2.68 bits per heavy atom. The number of H-pyrrole nitrogens is 1. The Labute approximate surface area is 132 Å². The van der Waals surface area contributed by atoms with Gasteiger partial charge in [0.2, 0.25) is 0 Å². The van der Waals surface area contributed by atoms with Crippen molar-refractivity contribution in [3.05, 3.63) is 75.0 Å². The number of fused-ring (bicyclic) bond motifs is 1. The molecule has 1 heterocycles. The predicted molar refractivity (Wildman–Crippen MR) is 92.0 cm³/mol. The van der Waals surface area contributed by atoms with Gasteiger partial charge in [0.15, 0.2) is 0 Å². The summed E-state index contributed by atoms with van der Waals surface area (Å²) in [7, 11) is 0. The molecule has 0 saturated carbocycles. The number of hydrogen-bond acceptors (Lipinski definition) is 3. The smallest absolute Gasteiger partial charge is 0.250 e. The second-order valence-electron chi connectivity index (χ2n) is 5.02.